The summed E-state index contributed by atoms with van der Waals surface area (Å²) in [6.45, 7) is 1.30. The fourth-order valence-electron chi connectivity index (χ4n) is 4.63. The highest BCUT2D eigenvalue weighted by Crippen LogP contribution is 2.57. The molecule has 0 saturated heterocycles. The van der Waals surface area contributed by atoms with Gasteiger partial charge in [0.1, 0.15) is 6.04 Å². The first-order valence-electron chi connectivity index (χ1n) is 9.78. The molecule has 2 aromatic rings. The molecule has 1 heterocycles. The van der Waals surface area contributed by atoms with Crippen LogP contribution in [0.2, 0.25) is 0 Å². The van der Waals surface area contributed by atoms with Gasteiger partial charge < -0.3 is 9.47 Å². The number of fused-ring (bicyclic) bond motifs is 3. The lowest BCUT2D eigenvalue weighted by Crippen LogP contribution is -2.61. The molecule has 0 radical (unpaired) electrons. The summed E-state index contributed by atoms with van der Waals surface area (Å²) in [6.07, 6.45) is 2.77. The molecule has 28 heavy (non-hydrogen) atoms. The van der Waals surface area contributed by atoms with Crippen LogP contribution in [0.5, 0.6) is 0 Å². The number of hydrogen-bond donors (Lipinski definition) is 0. The first-order valence-corrected chi connectivity index (χ1v) is 9.78. The Labute approximate surface area is 165 Å². The van der Waals surface area contributed by atoms with Crippen molar-refractivity contribution in [2.75, 3.05) is 18.6 Å². The molecule has 146 valence electrons. The SMILES string of the molecule is COC(=O)N1c2ccccc2[C@]2(CCCCOCc3ccccc3)CC(=O)[C@H]12. The van der Waals surface area contributed by atoms with Gasteiger partial charge in [-0.3, -0.25) is 9.69 Å². The third kappa shape index (κ3) is 3.10. The molecule has 2 aliphatic rings. The normalized spacial score (nSPS) is 22.4. The Hall–Kier alpha value is -2.66. The van der Waals surface area contributed by atoms with Gasteiger partial charge >= 0.3 is 6.09 Å². The van der Waals surface area contributed by atoms with E-state index in [4.69, 9.17) is 9.47 Å². The van der Waals surface area contributed by atoms with Crippen LogP contribution in [-0.2, 0) is 26.3 Å². The fourth-order valence-corrected chi connectivity index (χ4v) is 4.63. The molecule has 5 nitrogen and oxygen atoms in total. The van der Waals surface area contributed by atoms with E-state index in [-0.39, 0.29) is 11.2 Å². The van der Waals surface area contributed by atoms with Crippen LogP contribution in [0, 0.1) is 0 Å². The van der Waals surface area contributed by atoms with Crippen LogP contribution in [-0.4, -0.2) is 31.6 Å². The molecular weight excluding hydrogens is 354 g/mol. The highest BCUT2D eigenvalue weighted by atomic mass is 16.5. The van der Waals surface area contributed by atoms with Gasteiger partial charge in [-0.05, 0) is 30.0 Å². The smallest absolute Gasteiger partial charge is 0.414 e. The number of amides is 1. The molecule has 4 rings (SSSR count). The number of Topliss-reactive ketones (excluding diaryl/α,β-unsaturated/α-hetero) is 1. The second-order valence-electron chi connectivity index (χ2n) is 7.55. The van der Waals surface area contributed by atoms with Crippen molar-refractivity contribution in [2.45, 2.75) is 43.7 Å². The van der Waals surface area contributed by atoms with Crippen LogP contribution in [0.15, 0.2) is 54.6 Å². The van der Waals surface area contributed by atoms with Crippen molar-refractivity contribution in [1.29, 1.82) is 0 Å². The van der Waals surface area contributed by atoms with Gasteiger partial charge in [0.05, 0.1) is 19.4 Å². The molecule has 1 fully saturated rings. The van der Waals surface area contributed by atoms with Gasteiger partial charge in [0.15, 0.2) is 5.78 Å². The fraction of sp³-hybridized carbons (Fsp3) is 0.391. The van der Waals surface area contributed by atoms with Crippen LogP contribution >= 0.6 is 0 Å². The van der Waals surface area contributed by atoms with Gasteiger partial charge in [-0.25, -0.2) is 4.79 Å². The summed E-state index contributed by atoms with van der Waals surface area (Å²) in [6, 6.07) is 17.5. The summed E-state index contributed by atoms with van der Waals surface area (Å²) >= 11 is 0. The molecule has 1 aliphatic heterocycles. The summed E-state index contributed by atoms with van der Waals surface area (Å²) < 4.78 is 10.7. The summed E-state index contributed by atoms with van der Waals surface area (Å²) in [4.78, 5) is 26.3. The summed E-state index contributed by atoms with van der Waals surface area (Å²) in [5.74, 6) is 0.113. The van der Waals surface area contributed by atoms with Crippen LogP contribution < -0.4 is 4.90 Å². The number of anilines is 1. The number of para-hydroxylation sites is 1. The third-order valence-corrected chi connectivity index (χ3v) is 5.92. The van der Waals surface area contributed by atoms with Gasteiger partial charge in [-0.1, -0.05) is 55.0 Å². The molecule has 0 bridgehead atoms. The number of unbranched alkanes of at least 4 members (excludes halogenated alkanes) is 1. The van der Waals surface area contributed by atoms with Crippen LogP contribution in [0.3, 0.4) is 0 Å². The number of nitrogens with zero attached hydrogens (tertiary/aromatic N) is 1. The Bertz CT molecular complexity index is 866. The highest BCUT2D eigenvalue weighted by Gasteiger charge is 2.63. The molecule has 0 aromatic heterocycles. The van der Waals surface area contributed by atoms with E-state index in [0.29, 0.717) is 19.6 Å². The minimum atomic E-state index is -0.460. The van der Waals surface area contributed by atoms with Crippen LogP contribution in [0.4, 0.5) is 10.5 Å². The van der Waals surface area contributed by atoms with E-state index in [9.17, 15) is 9.59 Å². The Kier molecular flexibility index (Phi) is 5.18. The number of carbonyl (C=O) groups is 2. The van der Waals surface area contributed by atoms with Crippen LogP contribution in [0.1, 0.15) is 36.8 Å². The van der Waals surface area contributed by atoms with E-state index in [2.05, 4.69) is 12.1 Å². The van der Waals surface area contributed by atoms with E-state index >= 15 is 0 Å². The van der Waals surface area contributed by atoms with Gasteiger partial charge in [-0.2, -0.15) is 0 Å². The lowest BCUT2D eigenvalue weighted by Gasteiger charge is -2.45. The number of ketones is 1. The molecule has 2 aromatic carbocycles. The predicted octanol–water partition coefficient (Wildman–Crippen LogP) is 4.24. The zero-order chi connectivity index (χ0) is 19.6. The van der Waals surface area contributed by atoms with Gasteiger partial charge in [0.25, 0.3) is 0 Å². The van der Waals surface area contributed by atoms with Crippen molar-refractivity contribution in [3.8, 4) is 0 Å². The van der Waals surface area contributed by atoms with E-state index < -0.39 is 12.1 Å². The zero-order valence-electron chi connectivity index (χ0n) is 16.1. The van der Waals surface area contributed by atoms with Gasteiger partial charge in [0.2, 0.25) is 0 Å². The third-order valence-electron chi connectivity index (χ3n) is 5.92. The second-order valence-corrected chi connectivity index (χ2v) is 7.55. The average molecular weight is 379 g/mol. The largest absolute Gasteiger partial charge is 0.452 e. The van der Waals surface area contributed by atoms with E-state index in [1.807, 2.05) is 42.5 Å². The predicted molar refractivity (Wildman–Crippen MR) is 106 cm³/mol. The standard InChI is InChI=1S/C23H25NO4/c1-27-22(26)24-19-12-6-5-11-18(19)23(15-20(25)21(23)24)13-7-8-14-28-16-17-9-3-2-4-10-17/h2-6,9-12,21H,7-8,13-16H2,1H3/t21-,23-/m0/s1. The zero-order valence-corrected chi connectivity index (χ0v) is 16.1. The maximum Gasteiger partial charge on any atom is 0.414 e. The molecular formula is C23H25NO4. The summed E-state index contributed by atoms with van der Waals surface area (Å²) in [7, 11) is 1.36. The highest BCUT2D eigenvalue weighted by molar-refractivity contribution is 6.08. The van der Waals surface area contributed by atoms with Crippen molar-refractivity contribution < 1.29 is 19.1 Å². The molecule has 5 heteroatoms. The van der Waals surface area contributed by atoms with Crippen molar-refractivity contribution >= 4 is 17.6 Å². The Morgan fingerprint density at radius 3 is 2.61 bits per heavy atom. The first kappa shape index (κ1) is 18.7. The molecule has 1 aliphatic carbocycles. The Morgan fingerprint density at radius 1 is 1.11 bits per heavy atom. The topological polar surface area (TPSA) is 55.8 Å². The number of ether oxygens (including phenoxy) is 2. The summed E-state index contributed by atoms with van der Waals surface area (Å²) in [5, 5.41) is 0. The van der Waals surface area contributed by atoms with E-state index in [1.54, 1.807) is 4.90 Å². The number of benzene rings is 2. The van der Waals surface area contributed by atoms with Crippen molar-refractivity contribution in [3.05, 3.63) is 65.7 Å². The number of methoxy groups -OCH3 is 1. The lowest BCUT2D eigenvalue weighted by atomic mass is 9.59. The quantitative estimate of drug-likeness (QED) is 0.675. The van der Waals surface area contributed by atoms with Gasteiger partial charge in [-0.15, -0.1) is 0 Å². The molecule has 2 atom stereocenters. The van der Waals surface area contributed by atoms with Crippen molar-refractivity contribution in [2.24, 2.45) is 0 Å². The monoisotopic (exact) mass is 379 g/mol. The number of rotatable bonds is 7. The molecule has 0 unspecified atom stereocenters. The number of carbonyl (C=O) groups excluding carboxylic acids is 2. The van der Waals surface area contributed by atoms with E-state index in [0.717, 1.165) is 30.5 Å². The molecule has 0 spiro atoms. The van der Waals surface area contributed by atoms with E-state index in [1.165, 1.54) is 12.7 Å². The van der Waals surface area contributed by atoms with Crippen LogP contribution in [0.25, 0.3) is 0 Å². The lowest BCUT2D eigenvalue weighted by molar-refractivity contribution is -0.130. The minimum absolute atomic E-state index is 0.113. The Balaban J connectivity index is 1.38. The maximum absolute atomic E-state index is 12.4. The van der Waals surface area contributed by atoms with Crippen molar-refractivity contribution in [1.82, 2.24) is 0 Å². The summed E-state index contributed by atoms with van der Waals surface area (Å²) in [5.41, 5.74) is 2.80. The first-order chi connectivity index (χ1) is 13.7. The molecule has 1 amide bonds. The minimum Gasteiger partial charge on any atom is -0.452 e. The second kappa shape index (κ2) is 7.76. The Morgan fingerprint density at radius 2 is 1.86 bits per heavy atom. The maximum atomic E-state index is 12.4. The molecule has 0 N–H and O–H groups in total. The molecule has 1 saturated carbocycles. The number of hydrogen-bond acceptors (Lipinski definition) is 4. The van der Waals surface area contributed by atoms with Gasteiger partial charge in [0, 0.05) is 18.4 Å². The van der Waals surface area contributed by atoms with Crippen molar-refractivity contribution in [3.63, 3.8) is 0 Å². The average Bonchev–Trinajstić information content (AvgIpc) is 2.96.